The lowest BCUT2D eigenvalue weighted by Gasteiger charge is -2.41. The van der Waals surface area contributed by atoms with E-state index < -0.39 is 5.60 Å². The smallest absolute Gasteiger partial charge is 0.281 e. The Labute approximate surface area is 165 Å². The van der Waals surface area contributed by atoms with Crippen molar-refractivity contribution in [1.29, 1.82) is 0 Å². The van der Waals surface area contributed by atoms with Gasteiger partial charge in [0.05, 0.1) is 0 Å². The number of likely N-dealkylation sites (N-methyl/N-ethyl adjacent to an activating group) is 1. The Morgan fingerprint density at radius 2 is 1.89 bits per heavy atom. The number of hydrogen-bond donors (Lipinski definition) is 0. The molecular formula is C22H25N3O3. The number of rotatable bonds is 3. The van der Waals surface area contributed by atoms with Crippen molar-refractivity contribution in [2.45, 2.75) is 31.8 Å². The molecule has 1 aromatic carbocycles. The Morgan fingerprint density at radius 3 is 2.61 bits per heavy atom. The Balaban J connectivity index is 1.44. The highest BCUT2D eigenvalue weighted by molar-refractivity contribution is 6.15. The Morgan fingerprint density at radius 1 is 1.18 bits per heavy atom. The number of nitrogens with zero attached hydrogens (tertiary/aromatic N) is 3. The minimum atomic E-state index is -1.54. The van der Waals surface area contributed by atoms with E-state index in [1.807, 2.05) is 6.07 Å². The molecule has 0 spiro atoms. The second-order valence-electron chi connectivity index (χ2n) is 7.75. The lowest BCUT2D eigenvalue weighted by Crippen LogP contribution is -2.63. The van der Waals surface area contributed by atoms with Gasteiger partial charge in [-0.2, -0.15) is 0 Å². The van der Waals surface area contributed by atoms with E-state index >= 15 is 0 Å². The van der Waals surface area contributed by atoms with Crippen LogP contribution in [0.15, 0.2) is 48.7 Å². The summed E-state index contributed by atoms with van der Waals surface area (Å²) in [5.41, 5.74) is -0.215. The van der Waals surface area contributed by atoms with E-state index in [0.29, 0.717) is 30.6 Å². The molecule has 28 heavy (non-hydrogen) atoms. The fourth-order valence-corrected chi connectivity index (χ4v) is 4.12. The van der Waals surface area contributed by atoms with Gasteiger partial charge in [-0.25, -0.2) is 4.98 Å². The number of hydrogen-bond acceptors (Lipinski definition) is 4. The quantitative estimate of drug-likeness (QED) is 0.770. The van der Waals surface area contributed by atoms with Gasteiger partial charge in [-0.05, 0) is 49.8 Å². The monoisotopic (exact) mass is 379 g/mol. The van der Waals surface area contributed by atoms with E-state index in [1.54, 1.807) is 37.2 Å². The first kappa shape index (κ1) is 18.5. The van der Waals surface area contributed by atoms with Crippen LogP contribution in [0.4, 0.5) is 5.82 Å². The third-order valence-corrected chi connectivity index (χ3v) is 5.77. The minimum absolute atomic E-state index is 0.267. The van der Waals surface area contributed by atoms with Crippen LogP contribution < -0.4 is 9.64 Å². The summed E-state index contributed by atoms with van der Waals surface area (Å²) >= 11 is 0. The molecule has 2 aliphatic heterocycles. The van der Waals surface area contributed by atoms with Gasteiger partial charge in [0, 0.05) is 26.3 Å². The topological polar surface area (TPSA) is 62.7 Å². The summed E-state index contributed by atoms with van der Waals surface area (Å²) in [4.78, 5) is 33.5. The summed E-state index contributed by atoms with van der Waals surface area (Å²) in [6, 6.07) is 13.9. The maximum absolute atomic E-state index is 13.2. The van der Waals surface area contributed by atoms with E-state index in [-0.39, 0.29) is 11.8 Å². The zero-order valence-electron chi connectivity index (χ0n) is 16.3. The number of aromatic nitrogens is 1. The van der Waals surface area contributed by atoms with Crippen molar-refractivity contribution in [1.82, 2.24) is 9.88 Å². The summed E-state index contributed by atoms with van der Waals surface area (Å²) < 4.78 is 5.89. The molecule has 1 fully saturated rings. The van der Waals surface area contributed by atoms with Crippen molar-refractivity contribution >= 4 is 17.6 Å². The zero-order valence-corrected chi connectivity index (χ0v) is 16.3. The molecule has 2 aromatic rings. The number of ether oxygens (including phenoxy) is 1. The van der Waals surface area contributed by atoms with Gasteiger partial charge in [-0.15, -0.1) is 0 Å². The number of fused-ring (bicyclic) bond motifs is 1. The molecule has 1 atom stereocenters. The molecule has 2 aliphatic rings. The Bertz CT molecular complexity index is 878. The van der Waals surface area contributed by atoms with Crippen LogP contribution in [0, 0.1) is 5.92 Å². The number of anilines is 1. The second kappa shape index (κ2) is 7.26. The Kier molecular flexibility index (Phi) is 4.79. The summed E-state index contributed by atoms with van der Waals surface area (Å²) in [7, 11) is 1.63. The predicted molar refractivity (Wildman–Crippen MR) is 106 cm³/mol. The number of carbonyl (C=O) groups excluding carboxylic acids is 2. The largest absolute Gasteiger partial charge is 0.464 e. The molecule has 0 saturated carbocycles. The second-order valence-corrected chi connectivity index (χ2v) is 7.75. The molecule has 0 radical (unpaired) electrons. The fraction of sp³-hybridized carbons (Fsp3) is 0.409. The summed E-state index contributed by atoms with van der Waals surface area (Å²) in [6.07, 6.45) is 4.49. The first-order chi connectivity index (χ1) is 13.5. The van der Waals surface area contributed by atoms with Crippen LogP contribution in [0.3, 0.4) is 0 Å². The van der Waals surface area contributed by atoms with Gasteiger partial charge in [0.25, 0.3) is 17.4 Å². The number of carbonyl (C=O) groups is 2. The molecule has 1 aromatic heterocycles. The fourth-order valence-electron chi connectivity index (χ4n) is 4.12. The third-order valence-electron chi connectivity index (χ3n) is 5.77. The van der Waals surface area contributed by atoms with Crippen LogP contribution in [0.5, 0.6) is 5.75 Å². The molecule has 4 rings (SSSR count). The number of amides is 2. The predicted octanol–water partition coefficient (Wildman–Crippen LogP) is 2.68. The van der Waals surface area contributed by atoms with Gasteiger partial charge in [0.15, 0.2) is 11.6 Å². The molecule has 0 unspecified atom stereocenters. The lowest BCUT2D eigenvalue weighted by molar-refractivity contribution is -0.156. The van der Waals surface area contributed by atoms with E-state index in [2.05, 4.69) is 29.2 Å². The maximum atomic E-state index is 13.2. The molecule has 2 amide bonds. The zero-order chi connectivity index (χ0) is 19.7. The van der Waals surface area contributed by atoms with Crippen molar-refractivity contribution in [3.8, 4) is 5.75 Å². The van der Waals surface area contributed by atoms with Crippen LogP contribution in [-0.2, 0) is 16.0 Å². The van der Waals surface area contributed by atoms with E-state index in [0.717, 1.165) is 19.3 Å². The summed E-state index contributed by atoms with van der Waals surface area (Å²) in [5, 5.41) is 0. The molecule has 0 N–H and O–H groups in total. The molecule has 0 aliphatic carbocycles. The van der Waals surface area contributed by atoms with Gasteiger partial charge >= 0.3 is 0 Å². The van der Waals surface area contributed by atoms with Gasteiger partial charge in [-0.3, -0.25) is 14.5 Å². The molecular weight excluding hydrogens is 354 g/mol. The van der Waals surface area contributed by atoms with E-state index in [9.17, 15) is 9.59 Å². The number of benzene rings is 1. The lowest BCUT2D eigenvalue weighted by atomic mass is 9.89. The van der Waals surface area contributed by atoms with Gasteiger partial charge in [0.2, 0.25) is 0 Å². The maximum Gasteiger partial charge on any atom is 0.281 e. The molecule has 146 valence electrons. The normalized spacial score (nSPS) is 22.6. The van der Waals surface area contributed by atoms with E-state index in [1.165, 1.54) is 10.5 Å². The third kappa shape index (κ3) is 3.23. The number of pyridine rings is 1. The standard InChI is InChI=1S/C22H25N3O3/c1-22(20(26)24(2)19-18(28-22)9-6-12-23-19)21(27)25-13-10-17(11-14-25)15-16-7-4-3-5-8-16/h3-9,12,17H,10-11,13-15H2,1-2H3/t22-/m0/s1. The first-order valence-electron chi connectivity index (χ1n) is 9.74. The van der Waals surface area contributed by atoms with E-state index in [4.69, 9.17) is 4.74 Å². The number of piperidine rings is 1. The number of likely N-dealkylation sites (tertiary alicyclic amines) is 1. The van der Waals surface area contributed by atoms with Gasteiger partial charge in [0.1, 0.15) is 0 Å². The summed E-state index contributed by atoms with van der Waals surface area (Å²) in [5.74, 6) is 0.806. The van der Waals surface area contributed by atoms with Crippen molar-refractivity contribution in [2.24, 2.45) is 5.92 Å². The van der Waals surface area contributed by atoms with Crippen molar-refractivity contribution in [3.63, 3.8) is 0 Å². The highest BCUT2D eigenvalue weighted by atomic mass is 16.5. The average molecular weight is 379 g/mol. The molecule has 0 bridgehead atoms. The van der Waals surface area contributed by atoms with Gasteiger partial charge < -0.3 is 9.64 Å². The first-order valence-corrected chi connectivity index (χ1v) is 9.74. The van der Waals surface area contributed by atoms with Crippen LogP contribution >= 0.6 is 0 Å². The molecule has 1 saturated heterocycles. The highest BCUT2D eigenvalue weighted by Crippen LogP contribution is 2.36. The molecule has 3 heterocycles. The molecule has 6 heteroatoms. The van der Waals surface area contributed by atoms with Crippen LogP contribution in [0.25, 0.3) is 0 Å². The minimum Gasteiger partial charge on any atom is -0.464 e. The van der Waals surface area contributed by atoms with Crippen LogP contribution in [0.2, 0.25) is 0 Å². The van der Waals surface area contributed by atoms with Crippen LogP contribution in [0.1, 0.15) is 25.3 Å². The van der Waals surface area contributed by atoms with Crippen molar-refractivity contribution in [3.05, 3.63) is 54.2 Å². The Hall–Kier alpha value is -2.89. The van der Waals surface area contributed by atoms with Crippen LogP contribution in [-0.4, -0.2) is 47.4 Å². The summed E-state index contributed by atoms with van der Waals surface area (Å²) in [6.45, 7) is 2.86. The van der Waals surface area contributed by atoms with Crippen molar-refractivity contribution in [2.75, 3.05) is 25.0 Å². The van der Waals surface area contributed by atoms with Gasteiger partial charge in [-0.1, -0.05) is 30.3 Å². The highest BCUT2D eigenvalue weighted by Gasteiger charge is 2.52. The SMILES string of the molecule is CN1C(=O)[C@@](C)(C(=O)N2CCC(Cc3ccccc3)CC2)Oc2cccnc21. The average Bonchev–Trinajstić information content (AvgIpc) is 2.73. The van der Waals surface area contributed by atoms with Crippen molar-refractivity contribution < 1.29 is 14.3 Å². The molecule has 6 nitrogen and oxygen atoms in total.